The Balaban J connectivity index is 2.60. The van der Waals surface area contributed by atoms with E-state index in [1.165, 1.54) is 0 Å². The van der Waals surface area contributed by atoms with Crippen molar-refractivity contribution in [1.82, 2.24) is 5.32 Å². The van der Waals surface area contributed by atoms with Crippen LogP contribution in [-0.2, 0) is 16.1 Å². The molecule has 0 heterocycles. The van der Waals surface area contributed by atoms with Gasteiger partial charge in [0.2, 0.25) is 0 Å². The molecule has 0 aliphatic rings. The van der Waals surface area contributed by atoms with Crippen molar-refractivity contribution < 1.29 is 19.7 Å². The lowest BCUT2D eigenvalue weighted by Crippen LogP contribution is -2.23. The van der Waals surface area contributed by atoms with Gasteiger partial charge in [-0.05, 0) is 25.1 Å². The zero-order valence-electron chi connectivity index (χ0n) is 11.3. The molecule has 0 amide bonds. The summed E-state index contributed by atoms with van der Waals surface area (Å²) < 4.78 is 4.73. The molecule has 0 spiro atoms. The molecule has 1 rings (SSSR count). The first-order valence-electron chi connectivity index (χ1n) is 6.33. The molecule has 5 heteroatoms. The zero-order valence-corrected chi connectivity index (χ0v) is 11.3. The summed E-state index contributed by atoms with van der Waals surface area (Å²) in [6, 6.07) is 7.22. The van der Waals surface area contributed by atoms with Crippen LogP contribution in [0.1, 0.15) is 30.6 Å². The Bertz CT molecular complexity index is 391. The fourth-order valence-corrected chi connectivity index (χ4v) is 1.76. The Kier molecular flexibility index (Phi) is 6.49. The molecule has 2 atom stereocenters. The first kappa shape index (κ1) is 15.6. The molecule has 0 radical (unpaired) electrons. The van der Waals surface area contributed by atoms with Crippen molar-refractivity contribution in [3.63, 3.8) is 0 Å². The average Bonchev–Trinajstić information content (AvgIpc) is 2.39. The Morgan fingerprint density at radius 1 is 1.32 bits per heavy atom. The lowest BCUT2D eigenvalue weighted by molar-refractivity contribution is -0.147. The van der Waals surface area contributed by atoms with Crippen molar-refractivity contribution >= 4 is 5.97 Å². The third-order valence-corrected chi connectivity index (χ3v) is 2.75. The molecule has 0 bridgehead atoms. The maximum Gasteiger partial charge on any atom is 0.308 e. The van der Waals surface area contributed by atoms with Crippen LogP contribution in [0.2, 0.25) is 0 Å². The number of rotatable bonds is 7. The van der Waals surface area contributed by atoms with E-state index in [1.807, 2.05) is 19.2 Å². The maximum atomic E-state index is 11.2. The van der Waals surface area contributed by atoms with Gasteiger partial charge in [0.25, 0.3) is 0 Å². The molecule has 0 aromatic heterocycles. The molecule has 0 saturated carbocycles. The standard InChI is InChI=1S/C14H21NO4/c1-3-19-13(17)8-12(16)14(18)11-6-4-10(5-7-11)9-15-2/h4-7,12,14-16,18H,3,8-9H2,1-2H3. The van der Waals surface area contributed by atoms with Gasteiger partial charge in [-0.15, -0.1) is 0 Å². The van der Waals surface area contributed by atoms with Gasteiger partial charge in [0.15, 0.2) is 0 Å². The van der Waals surface area contributed by atoms with E-state index in [2.05, 4.69) is 5.32 Å². The highest BCUT2D eigenvalue weighted by Gasteiger charge is 2.21. The van der Waals surface area contributed by atoms with Gasteiger partial charge in [-0.3, -0.25) is 4.79 Å². The summed E-state index contributed by atoms with van der Waals surface area (Å²) in [6.07, 6.45) is -2.46. The number of nitrogens with one attached hydrogen (secondary N) is 1. The number of aliphatic hydroxyl groups excluding tert-OH is 2. The summed E-state index contributed by atoms with van der Waals surface area (Å²) in [4.78, 5) is 11.2. The van der Waals surface area contributed by atoms with E-state index in [0.717, 1.165) is 12.1 Å². The van der Waals surface area contributed by atoms with Crippen molar-refractivity contribution in [2.24, 2.45) is 0 Å². The van der Waals surface area contributed by atoms with Crippen molar-refractivity contribution in [1.29, 1.82) is 0 Å². The minimum absolute atomic E-state index is 0.215. The van der Waals surface area contributed by atoms with Gasteiger partial charge in [0, 0.05) is 6.54 Å². The fraction of sp³-hybridized carbons (Fsp3) is 0.500. The topological polar surface area (TPSA) is 78.8 Å². The predicted octanol–water partition coefficient (Wildman–Crippen LogP) is 0.754. The summed E-state index contributed by atoms with van der Waals surface area (Å²) in [5.41, 5.74) is 1.66. The molecule has 5 nitrogen and oxygen atoms in total. The number of aliphatic hydroxyl groups is 2. The summed E-state index contributed by atoms with van der Waals surface area (Å²) in [5.74, 6) is -0.513. The number of carbonyl (C=O) groups is 1. The lowest BCUT2D eigenvalue weighted by Gasteiger charge is -2.17. The first-order chi connectivity index (χ1) is 9.08. The molecule has 0 fully saturated rings. The second-order valence-electron chi connectivity index (χ2n) is 4.29. The van der Waals surface area contributed by atoms with Crippen LogP contribution in [0.3, 0.4) is 0 Å². The second kappa shape index (κ2) is 7.89. The first-order valence-corrected chi connectivity index (χ1v) is 6.33. The van der Waals surface area contributed by atoms with E-state index in [1.54, 1.807) is 19.1 Å². The molecule has 1 aromatic rings. The van der Waals surface area contributed by atoms with Crippen LogP contribution in [0, 0.1) is 0 Å². The minimum Gasteiger partial charge on any atom is -0.466 e. The normalized spacial score (nSPS) is 13.9. The number of esters is 1. The monoisotopic (exact) mass is 267 g/mol. The van der Waals surface area contributed by atoms with Gasteiger partial charge < -0.3 is 20.3 Å². The smallest absolute Gasteiger partial charge is 0.308 e. The van der Waals surface area contributed by atoms with E-state index >= 15 is 0 Å². The molecule has 0 aliphatic heterocycles. The summed E-state index contributed by atoms with van der Waals surface area (Å²) in [7, 11) is 1.85. The number of benzene rings is 1. The van der Waals surface area contributed by atoms with Gasteiger partial charge in [0.1, 0.15) is 6.10 Å². The Labute approximate surface area is 113 Å². The quantitative estimate of drug-likeness (QED) is 0.635. The van der Waals surface area contributed by atoms with Crippen molar-refractivity contribution in [3.8, 4) is 0 Å². The van der Waals surface area contributed by atoms with Gasteiger partial charge in [-0.25, -0.2) is 0 Å². The maximum absolute atomic E-state index is 11.2. The van der Waals surface area contributed by atoms with Crippen LogP contribution in [0.5, 0.6) is 0 Å². The van der Waals surface area contributed by atoms with E-state index in [4.69, 9.17) is 4.74 Å². The molecule has 19 heavy (non-hydrogen) atoms. The Morgan fingerprint density at radius 3 is 2.47 bits per heavy atom. The SMILES string of the molecule is CCOC(=O)CC(O)C(O)c1ccc(CNC)cc1. The molecule has 0 saturated heterocycles. The van der Waals surface area contributed by atoms with Gasteiger partial charge in [0.05, 0.1) is 19.1 Å². The summed E-state index contributed by atoms with van der Waals surface area (Å²) in [6.45, 7) is 2.70. The van der Waals surface area contributed by atoms with Crippen LogP contribution in [0.25, 0.3) is 0 Å². The molecule has 106 valence electrons. The Hall–Kier alpha value is -1.43. The highest BCUT2D eigenvalue weighted by Crippen LogP contribution is 2.19. The average molecular weight is 267 g/mol. The van der Waals surface area contributed by atoms with Gasteiger partial charge in [-0.1, -0.05) is 24.3 Å². The molecular weight excluding hydrogens is 246 g/mol. The highest BCUT2D eigenvalue weighted by molar-refractivity contribution is 5.70. The molecule has 0 aliphatic carbocycles. The molecular formula is C14H21NO4. The fourth-order valence-electron chi connectivity index (χ4n) is 1.76. The summed E-state index contributed by atoms with van der Waals surface area (Å²) in [5, 5.41) is 22.8. The number of carbonyl (C=O) groups excluding carboxylic acids is 1. The zero-order chi connectivity index (χ0) is 14.3. The van der Waals surface area contributed by atoms with Gasteiger partial charge in [-0.2, -0.15) is 0 Å². The second-order valence-corrected chi connectivity index (χ2v) is 4.29. The molecule has 2 unspecified atom stereocenters. The van der Waals surface area contributed by atoms with Crippen molar-refractivity contribution in [2.45, 2.75) is 32.1 Å². The number of ether oxygens (including phenoxy) is 1. The third kappa shape index (κ3) is 4.98. The van der Waals surface area contributed by atoms with Crippen LogP contribution in [0.4, 0.5) is 0 Å². The van der Waals surface area contributed by atoms with E-state index in [-0.39, 0.29) is 13.0 Å². The Morgan fingerprint density at radius 2 is 1.95 bits per heavy atom. The lowest BCUT2D eigenvalue weighted by atomic mass is 10.0. The largest absolute Gasteiger partial charge is 0.466 e. The van der Waals surface area contributed by atoms with E-state index in [0.29, 0.717) is 5.56 Å². The van der Waals surface area contributed by atoms with Crippen molar-refractivity contribution in [2.75, 3.05) is 13.7 Å². The van der Waals surface area contributed by atoms with Crippen molar-refractivity contribution in [3.05, 3.63) is 35.4 Å². The van der Waals surface area contributed by atoms with Crippen LogP contribution >= 0.6 is 0 Å². The number of hydrogen-bond donors (Lipinski definition) is 3. The van der Waals surface area contributed by atoms with Crippen LogP contribution in [0.15, 0.2) is 24.3 Å². The van der Waals surface area contributed by atoms with Crippen LogP contribution < -0.4 is 5.32 Å². The summed E-state index contributed by atoms with van der Waals surface area (Å²) >= 11 is 0. The van der Waals surface area contributed by atoms with E-state index in [9.17, 15) is 15.0 Å². The molecule has 1 aromatic carbocycles. The molecule has 3 N–H and O–H groups in total. The van der Waals surface area contributed by atoms with Gasteiger partial charge >= 0.3 is 5.97 Å². The number of hydrogen-bond acceptors (Lipinski definition) is 5. The van der Waals surface area contributed by atoms with E-state index < -0.39 is 18.2 Å². The van der Waals surface area contributed by atoms with Crippen LogP contribution in [-0.4, -0.2) is 35.9 Å². The minimum atomic E-state index is -1.16. The third-order valence-electron chi connectivity index (χ3n) is 2.75. The highest BCUT2D eigenvalue weighted by atomic mass is 16.5. The predicted molar refractivity (Wildman–Crippen MR) is 71.4 cm³/mol.